The molecule has 0 aromatic heterocycles. The van der Waals surface area contributed by atoms with E-state index in [0.717, 1.165) is 16.9 Å². The zero-order valence-corrected chi connectivity index (χ0v) is 17.1. The Kier molecular flexibility index (Phi) is 7.87. The Morgan fingerprint density at radius 3 is 2.36 bits per heavy atom. The van der Waals surface area contributed by atoms with Gasteiger partial charge in [-0.25, -0.2) is 0 Å². The van der Waals surface area contributed by atoms with Gasteiger partial charge in [0.25, 0.3) is 0 Å². The molecule has 0 aliphatic heterocycles. The van der Waals surface area contributed by atoms with Crippen molar-refractivity contribution >= 4 is 11.9 Å². The molecule has 2 aromatic rings. The molecule has 0 spiro atoms. The third kappa shape index (κ3) is 7.31. The van der Waals surface area contributed by atoms with Crippen LogP contribution in [-0.4, -0.2) is 44.1 Å². The van der Waals surface area contributed by atoms with E-state index in [9.17, 15) is 4.79 Å². The Morgan fingerprint density at radius 1 is 1.00 bits per heavy atom. The van der Waals surface area contributed by atoms with Gasteiger partial charge >= 0.3 is 0 Å². The van der Waals surface area contributed by atoms with Crippen LogP contribution in [0.3, 0.4) is 0 Å². The Morgan fingerprint density at radius 2 is 1.68 bits per heavy atom. The topological polar surface area (TPSA) is 74.8 Å². The number of guanidine groups is 1. The summed E-state index contributed by atoms with van der Waals surface area (Å²) in [6.07, 6.45) is 0. The normalized spacial score (nSPS) is 11.6. The van der Waals surface area contributed by atoms with Crippen LogP contribution in [0.1, 0.15) is 20.8 Å². The standard InChI is InChI=1S/C22H30N4O2/c1-22(2,3)26-20(27)16-25-21(23-4)24-14-15-28-19-13-9-8-12-18(19)17-10-6-5-7-11-17/h5-13H,14-16H2,1-4H3,(H,26,27)(H2,23,24,25). The van der Waals surface area contributed by atoms with E-state index in [1.807, 2.05) is 63.2 Å². The maximum atomic E-state index is 11.9. The first-order valence-electron chi connectivity index (χ1n) is 9.42. The highest BCUT2D eigenvalue weighted by atomic mass is 16.5. The highest BCUT2D eigenvalue weighted by molar-refractivity contribution is 5.86. The Labute approximate surface area is 167 Å². The second kappa shape index (κ2) is 10.3. The van der Waals surface area contributed by atoms with Gasteiger partial charge in [-0.3, -0.25) is 9.79 Å². The maximum Gasteiger partial charge on any atom is 0.239 e. The van der Waals surface area contributed by atoms with Gasteiger partial charge in [0.05, 0.1) is 13.1 Å². The monoisotopic (exact) mass is 382 g/mol. The van der Waals surface area contributed by atoms with Crippen LogP contribution >= 0.6 is 0 Å². The Balaban J connectivity index is 1.80. The van der Waals surface area contributed by atoms with Gasteiger partial charge in [0.2, 0.25) is 5.91 Å². The van der Waals surface area contributed by atoms with E-state index in [1.165, 1.54) is 0 Å². The molecule has 0 saturated carbocycles. The van der Waals surface area contributed by atoms with E-state index in [-0.39, 0.29) is 18.0 Å². The zero-order chi connectivity index (χ0) is 20.4. The van der Waals surface area contributed by atoms with E-state index in [4.69, 9.17) is 4.74 Å². The molecule has 2 rings (SSSR count). The van der Waals surface area contributed by atoms with Crippen LogP contribution in [0.5, 0.6) is 5.75 Å². The largest absolute Gasteiger partial charge is 0.491 e. The summed E-state index contributed by atoms with van der Waals surface area (Å²) in [5.41, 5.74) is 1.92. The van der Waals surface area contributed by atoms with Crippen LogP contribution in [0, 0.1) is 0 Å². The molecule has 28 heavy (non-hydrogen) atoms. The molecule has 6 nitrogen and oxygen atoms in total. The fourth-order valence-electron chi connectivity index (χ4n) is 2.63. The molecular weight excluding hydrogens is 352 g/mol. The van der Waals surface area contributed by atoms with Crippen molar-refractivity contribution in [2.75, 3.05) is 26.7 Å². The van der Waals surface area contributed by atoms with Gasteiger partial charge in [0.15, 0.2) is 5.96 Å². The molecule has 6 heteroatoms. The predicted molar refractivity (Wildman–Crippen MR) is 115 cm³/mol. The average Bonchev–Trinajstić information content (AvgIpc) is 2.67. The molecule has 0 radical (unpaired) electrons. The summed E-state index contributed by atoms with van der Waals surface area (Å²) in [5.74, 6) is 1.32. The van der Waals surface area contributed by atoms with Gasteiger partial charge in [-0.1, -0.05) is 48.5 Å². The second-order valence-corrected chi connectivity index (χ2v) is 7.36. The van der Waals surface area contributed by atoms with Crippen molar-refractivity contribution in [3.8, 4) is 16.9 Å². The van der Waals surface area contributed by atoms with Crippen LogP contribution in [0.15, 0.2) is 59.6 Å². The minimum Gasteiger partial charge on any atom is -0.491 e. The number of benzene rings is 2. The molecule has 3 N–H and O–H groups in total. The molecule has 0 fully saturated rings. The second-order valence-electron chi connectivity index (χ2n) is 7.36. The van der Waals surface area contributed by atoms with Gasteiger partial charge in [-0.2, -0.15) is 0 Å². The third-order valence-electron chi connectivity index (χ3n) is 3.78. The number of carbonyl (C=O) groups is 1. The first kappa shape index (κ1) is 21.3. The molecule has 0 saturated heterocycles. The first-order chi connectivity index (χ1) is 13.4. The fourth-order valence-corrected chi connectivity index (χ4v) is 2.63. The number of hydrogen-bond acceptors (Lipinski definition) is 3. The highest BCUT2D eigenvalue weighted by Gasteiger charge is 2.13. The maximum absolute atomic E-state index is 11.9. The minimum atomic E-state index is -0.254. The van der Waals surface area contributed by atoms with Crippen LogP contribution in [0.25, 0.3) is 11.1 Å². The molecule has 0 bridgehead atoms. The number of carbonyl (C=O) groups excluding carboxylic acids is 1. The third-order valence-corrected chi connectivity index (χ3v) is 3.78. The van der Waals surface area contributed by atoms with E-state index in [0.29, 0.717) is 19.1 Å². The molecule has 150 valence electrons. The Bertz CT molecular complexity index is 783. The molecule has 0 heterocycles. The van der Waals surface area contributed by atoms with Crippen LogP contribution in [-0.2, 0) is 4.79 Å². The van der Waals surface area contributed by atoms with Gasteiger partial charge < -0.3 is 20.7 Å². The first-order valence-corrected chi connectivity index (χ1v) is 9.42. The van der Waals surface area contributed by atoms with Crippen molar-refractivity contribution in [3.63, 3.8) is 0 Å². The number of amides is 1. The molecular formula is C22H30N4O2. The summed E-state index contributed by atoms with van der Waals surface area (Å²) in [5, 5.41) is 9.05. The highest BCUT2D eigenvalue weighted by Crippen LogP contribution is 2.29. The molecule has 0 atom stereocenters. The summed E-state index contributed by atoms with van der Waals surface area (Å²) in [6, 6.07) is 18.1. The summed E-state index contributed by atoms with van der Waals surface area (Å²) in [6.45, 7) is 7.03. The summed E-state index contributed by atoms with van der Waals surface area (Å²) in [7, 11) is 1.67. The van der Waals surface area contributed by atoms with Crippen LogP contribution < -0.4 is 20.7 Å². The fraction of sp³-hybridized carbons (Fsp3) is 0.364. The lowest BCUT2D eigenvalue weighted by Gasteiger charge is -2.21. The zero-order valence-electron chi connectivity index (χ0n) is 17.1. The van der Waals surface area contributed by atoms with Gasteiger partial charge in [0, 0.05) is 18.2 Å². The average molecular weight is 383 g/mol. The van der Waals surface area contributed by atoms with E-state index < -0.39 is 0 Å². The predicted octanol–water partition coefficient (Wildman–Crippen LogP) is 2.81. The minimum absolute atomic E-state index is 0.0801. The summed E-state index contributed by atoms with van der Waals surface area (Å²) < 4.78 is 5.95. The smallest absolute Gasteiger partial charge is 0.239 e. The SMILES string of the molecule is CN=C(NCCOc1ccccc1-c1ccccc1)NCC(=O)NC(C)(C)C. The number of para-hydroxylation sites is 1. The lowest BCUT2D eigenvalue weighted by Crippen LogP contribution is -2.48. The number of aliphatic imine (C=N–C) groups is 1. The van der Waals surface area contributed by atoms with Crippen molar-refractivity contribution in [2.45, 2.75) is 26.3 Å². The van der Waals surface area contributed by atoms with Crippen molar-refractivity contribution in [1.29, 1.82) is 0 Å². The lowest BCUT2D eigenvalue weighted by molar-refractivity contribution is -0.121. The Hall–Kier alpha value is -3.02. The van der Waals surface area contributed by atoms with Gasteiger partial charge in [0.1, 0.15) is 12.4 Å². The molecule has 1 amide bonds. The summed E-state index contributed by atoms with van der Waals surface area (Å²) in [4.78, 5) is 16.0. The quantitative estimate of drug-likeness (QED) is 0.391. The number of rotatable bonds is 7. The molecule has 0 aliphatic carbocycles. The van der Waals surface area contributed by atoms with Crippen molar-refractivity contribution in [2.24, 2.45) is 4.99 Å². The van der Waals surface area contributed by atoms with Crippen molar-refractivity contribution in [3.05, 3.63) is 54.6 Å². The van der Waals surface area contributed by atoms with Crippen molar-refractivity contribution < 1.29 is 9.53 Å². The number of nitrogens with zero attached hydrogens (tertiary/aromatic N) is 1. The van der Waals surface area contributed by atoms with Gasteiger partial charge in [-0.05, 0) is 32.4 Å². The molecule has 0 unspecified atom stereocenters. The number of hydrogen-bond donors (Lipinski definition) is 3. The van der Waals surface area contributed by atoms with E-state index in [1.54, 1.807) is 7.05 Å². The summed E-state index contributed by atoms with van der Waals surface area (Å²) >= 11 is 0. The van der Waals surface area contributed by atoms with Crippen LogP contribution in [0.4, 0.5) is 0 Å². The lowest BCUT2D eigenvalue weighted by atomic mass is 10.1. The van der Waals surface area contributed by atoms with E-state index >= 15 is 0 Å². The van der Waals surface area contributed by atoms with Crippen LogP contribution in [0.2, 0.25) is 0 Å². The van der Waals surface area contributed by atoms with Crippen molar-refractivity contribution in [1.82, 2.24) is 16.0 Å². The number of ether oxygens (including phenoxy) is 1. The van der Waals surface area contributed by atoms with Gasteiger partial charge in [-0.15, -0.1) is 0 Å². The van der Waals surface area contributed by atoms with E-state index in [2.05, 4.69) is 33.1 Å². The molecule has 0 aliphatic rings. The molecule has 2 aromatic carbocycles. The number of nitrogens with one attached hydrogen (secondary N) is 3.